The van der Waals surface area contributed by atoms with Crippen molar-refractivity contribution in [3.8, 4) is 0 Å². The van der Waals surface area contributed by atoms with Crippen LogP contribution in [0.3, 0.4) is 0 Å². The molecule has 0 aliphatic carbocycles. The van der Waals surface area contributed by atoms with Gasteiger partial charge >= 0.3 is 6.03 Å². The third-order valence-corrected chi connectivity index (χ3v) is 3.74. The number of hydrogen-bond acceptors (Lipinski definition) is 3. The van der Waals surface area contributed by atoms with Crippen LogP contribution in [-0.2, 0) is 4.79 Å². The Kier molecular flexibility index (Phi) is 6.17. The van der Waals surface area contributed by atoms with E-state index < -0.39 is 0 Å². The second kappa shape index (κ2) is 8.33. The van der Waals surface area contributed by atoms with Gasteiger partial charge in [0.15, 0.2) is 0 Å². The first-order valence-electron chi connectivity index (χ1n) is 7.81. The van der Waals surface area contributed by atoms with E-state index in [-0.39, 0.29) is 11.9 Å². The van der Waals surface area contributed by atoms with Crippen molar-refractivity contribution in [3.05, 3.63) is 42.5 Å². The smallest absolute Gasteiger partial charge is 0.321 e. The molecule has 2 N–H and O–H groups in total. The first-order valence-corrected chi connectivity index (χ1v) is 7.81. The second-order valence-corrected chi connectivity index (χ2v) is 5.66. The van der Waals surface area contributed by atoms with Gasteiger partial charge in [0.25, 0.3) is 0 Å². The average molecular weight is 316 g/mol. The van der Waals surface area contributed by atoms with Crippen LogP contribution in [-0.4, -0.2) is 61.0 Å². The molecular weight excluding hydrogens is 292 g/mol. The molecule has 0 aromatic heterocycles. The van der Waals surface area contributed by atoms with E-state index in [9.17, 15) is 9.59 Å². The summed E-state index contributed by atoms with van der Waals surface area (Å²) < 4.78 is 0. The number of anilines is 1. The number of hydrogen-bond donors (Lipinski definition) is 2. The molecule has 0 unspecified atom stereocenters. The maximum atomic E-state index is 12.3. The first kappa shape index (κ1) is 17.0. The number of amides is 3. The summed E-state index contributed by atoms with van der Waals surface area (Å²) in [7, 11) is 0. The van der Waals surface area contributed by atoms with Gasteiger partial charge in [-0.25, -0.2) is 4.79 Å². The highest BCUT2D eigenvalue weighted by Crippen LogP contribution is 2.11. The van der Waals surface area contributed by atoms with E-state index in [1.165, 1.54) is 0 Å². The largest absolute Gasteiger partial charge is 0.352 e. The number of piperazine rings is 1. The Labute approximate surface area is 137 Å². The summed E-state index contributed by atoms with van der Waals surface area (Å²) in [4.78, 5) is 27.7. The Morgan fingerprint density at radius 2 is 2.00 bits per heavy atom. The van der Waals surface area contributed by atoms with Crippen molar-refractivity contribution < 1.29 is 9.59 Å². The van der Waals surface area contributed by atoms with Gasteiger partial charge < -0.3 is 15.5 Å². The number of aryl methyl sites for hydroxylation is 1. The first-order chi connectivity index (χ1) is 11.1. The van der Waals surface area contributed by atoms with Crippen molar-refractivity contribution in [2.24, 2.45) is 0 Å². The van der Waals surface area contributed by atoms with Crippen LogP contribution in [0.25, 0.3) is 0 Å². The van der Waals surface area contributed by atoms with Crippen LogP contribution in [0.5, 0.6) is 0 Å². The van der Waals surface area contributed by atoms with Gasteiger partial charge in [0, 0.05) is 38.4 Å². The summed E-state index contributed by atoms with van der Waals surface area (Å²) in [6.45, 7) is 9.04. The Bertz CT molecular complexity index is 565. The zero-order valence-corrected chi connectivity index (χ0v) is 13.5. The molecule has 6 nitrogen and oxygen atoms in total. The SMILES string of the molecule is C=CCNC(=O)CN1CCN(C(=O)Nc2cccc(C)c2)CC1. The highest BCUT2D eigenvalue weighted by molar-refractivity contribution is 5.89. The number of carbonyl (C=O) groups excluding carboxylic acids is 2. The Balaban J connectivity index is 1.76. The molecule has 1 saturated heterocycles. The van der Waals surface area contributed by atoms with Crippen LogP contribution in [0.1, 0.15) is 5.56 Å². The monoisotopic (exact) mass is 316 g/mol. The number of rotatable bonds is 5. The van der Waals surface area contributed by atoms with Gasteiger partial charge in [-0.15, -0.1) is 6.58 Å². The van der Waals surface area contributed by atoms with Crippen molar-refractivity contribution in [2.75, 3.05) is 44.6 Å². The van der Waals surface area contributed by atoms with E-state index in [0.29, 0.717) is 39.3 Å². The lowest BCUT2D eigenvalue weighted by Gasteiger charge is -2.34. The van der Waals surface area contributed by atoms with Gasteiger partial charge in [0.05, 0.1) is 6.54 Å². The lowest BCUT2D eigenvalue weighted by molar-refractivity contribution is -0.122. The van der Waals surface area contributed by atoms with E-state index in [1.54, 1.807) is 11.0 Å². The minimum atomic E-state index is -0.0913. The van der Waals surface area contributed by atoms with Crippen molar-refractivity contribution in [1.29, 1.82) is 0 Å². The molecule has 23 heavy (non-hydrogen) atoms. The molecule has 0 bridgehead atoms. The fourth-order valence-electron chi connectivity index (χ4n) is 2.48. The van der Waals surface area contributed by atoms with Crippen molar-refractivity contribution >= 4 is 17.6 Å². The maximum absolute atomic E-state index is 12.3. The van der Waals surface area contributed by atoms with Gasteiger partial charge in [-0.1, -0.05) is 18.2 Å². The normalized spacial score (nSPS) is 15.1. The Morgan fingerprint density at radius 1 is 1.26 bits per heavy atom. The van der Waals surface area contributed by atoms with E-state index >= 15 is 0 Å². The van der Waals surface area contributed by atoms with Gasteiger partial charge in [0.1, 0.15) is 0 Å². The number of nitrogens with zero attached hydrogens (tertiary/aromatic N) is 2. The molecular formula is C17H24N4O2. The molecule has 0 radical (unpaired) electrons. The molecule has 1 aliphatic rings. The van der Waals surface area contributed by atoms with Crippen LogP contribution in [0, 0.1) is 6.92 Å². The van der Waals surface area contributed by atoms with Crippen molar-refractivity contribution in [1.82, 2.24) is 15.1 Å². The van der Waals surface area contributed by atoms with Gasteiger partial charge in [-0.2, -0.15) is 0 Å². The molecule has 2 rings (SSSR count). The third kappa shape index (κ3) is 5.41. The topological polar surface area (TPSA) is 64.7 Å². The zero-order valence-electron chi connectivity index (χ0n) is 13.5. The van der Waals surface area contributed by atoms with Crippen molar-refractivity contribution in [2.45, 2.75) is 6.92 Å². The summed E-state index contributed by atoms with van der Waals surface area (Å²) in [5.74, 6) is -0.0115. The van der Waals surface area contributed by atoms with Crippen LogP contribution >= 0.6 is 0 Å². The molecule has 1 heterocycles. The highest BCUT2D eigenvalue weighted by atomic mass is 16.2. The zero-order chi connectivity index (χ0) is 16.7. The lowest BCUT2D eigenvalue weighted by Crippen LogP contribution is -2.52. The minimum absolute atomic E-state index is 0.0115. The predicted octanol–water partition coefficient (Wildman–Crippen LogP) is 1.45. The molecule has 1 aliphatic heterocycles. The van der Waals surface area contributed by atoms with Gasteiger partial charge in [-0.3, -0.25) is 9.69 Å². The summed E-state index contributed by atoms with van der Waals surface area (Å²) in [6.07, 6.45) is 1.66. The van der Waals surface area contributed by atoms with Gasteiger partial charge in [-0.05, 0) is 24.6 Å². The number of nitrogens with one attached hydrogen (secondary N) is 2. The number of benzene rings is 1. The Hall–Kier alpha value is -2.34. The fourth-order valence-corrected chi connectivity index (χ4v) is 2.48. The van der Waals surface area contributed by atoms with Crippen LogP contribution in [0.15, 0.2) is 36.9 Å². The number of carbonyl (C=O) groups is 2. The van der Waals surface area contributed by atoms with E-state index in [4.69, 9.17) is 0 Å². The Morgan fingerprint density at radius 3 is 2.65 bits per heavy atom. The second-order valence-electron chi connectivity index (χ2n) is 5.66. The van der Waals surface area contributed by atoms with Crippen LogP contribution < -0.4 is 10.6 Å². The molecule has 1 aromatic carbocycles. The quantitative estimate of drug-likeness (QED) is 0.808. The molecule has 0 spiro atoms. The summed E-state index contributed by atoms with van der Waals surface area (Å²) in [5, 5.41) is 5.67. The molecule has 124 valence electrons. The summed E-state index contributed by atoms with van der Waals surface area (Å²) in [5.41, 5.74) is 1.92. The van der Waals surface area contributed by atoms with E-state index in [1.807, 2.05) is 31.2 Å². The minimum Gasteiger partial charge on any atom is -0.352 e. The van der Waals surface area contributed by atoms with Crippen LogP contribution in [0.2, 0.25) is 0 Å². The average Bonchev–Trinajstić information content (AvgIpc) is 2.53. The molecule has 0 atom stereocenters. The fraction of sp³-hybridized carbons (Fsp3) is 0.412. The van der Waals surface area contributed by atoms with E-state index in [0.717, 1.165) is 11.3 Å². The van der Waals surface area contributed by atoms with Gasteiger partial charge in [0.2, 0.25) is 5.91 Å². The summed E-state index contributed by atoms with van der Waals surface area (Å²) >= 11 is 0. The molecule has 3 amide bonds. The lowest BCUT2D eigenvalue weighted by atomic mass is 10.2. The van der Waals surface area contributed by atoms with Crippen molar-refractivity contribution in [3.63, 3.8) is 0 Å². The number of urea groups is 1. The maximum Gasteiger partial charge on any atom is 0.321 e. The molecule has 1 aromatic rings. The molecule has 0 saturated carbocycles. The van der Waals surface area contributed by atoms with E-state index in [2.05, 4.69) is 22.1 Å². The standard InChI is InChI=1S/C17H24N4O2/c1-3-7-18-16(22)13-20-8-10-21(11-9-20)17(23)19-15-6-4-5-14(2)12-15/h3-6,12H,1,7-11,13H2,2H3,(H,18,22)(H,19,23). The molecule has 1 fully saturated rings. The molecule has 6 heteroatoms. The van der Waals surface area contributed by atoms with Crippen LogP contribution in [0.4, 0.5) is 10.5 Å². The highest BCUT2D eigenvalue weighted by Gasteiger charge is 2.22. The summed E-state index contributed by atoms with van der Waals surface area (Å²) in [6, 6.07) is 7.64. The third-order valence-electron chi connectivity index (χ3n) is 3.74. The predicted molar refractivity (Wildman–Crippen MR) is 91.4 cm³/mol.